The lowest BCUT2D eigenvalue weighted by Gasteiger charge is -2.29. The number of benzene rings is 4. The third kappa shape index (κ3) is 6.83. The summed E-state index contributed by atoms with van der Waals surface area (Å²) in [5.74, 6) is -0.865. The Morgan fingerprint density at radius 1 is 0.763 bits per heavy atom. The predicted molar refractivity (Wildman–Crippen MR) is 145 cm³/mol. The molecule has 1 atom stereocenters. The zero-order chi connectivity index (χ0) is 26.3. The Labute approximate surface area is 239 Å². The minimum Gasteiger partial charge on any atom is -1.00 e. The number of carbonyl (C=O) groups is 1. The Balaban J connectivity index is 0.00000400. The van der Waals surface area contributed by atoms with Gasteiger partial charge < -0.3 is 28.7 Å². The molecule has 0 spiro atoms. The van der Waals surface area contributed by atoms with Gasteiger partial charge in [-0.2, -0.15) is 13.2 Å². The van der Waals surface area contributed by atoms with Gasteiger partial charge in [0.05, 0.1) is 25.3 Å². The summed E-state index contributed by atoms with van der Waals surface area (Å²) in [5, 5.41) is 3.56. The molecule has 0 radical (unpaired) electrons. The molecular formula is C31H29F3IO2P. The first-order valence-electron chi connectivity index (χ1n) is 12.1. The van der Waals surface area contributed by atoms with Gasteiger partial charge >= 0.3 is 12.1 Å². The maximum atomic E-state index is 13.5. The van der Waals surface area contributed by atoms with E-state index in [2.05, 4.69) is 36.4 Å². The standard InChI is InChI=1S/C31H29F3O2P.HI/c1-36-30(35)23-25(24-12-11-13-26(22-24)31(32,33)34)20-21-37(27-14-5-2-6-15-27,28-16-7-3-8-17-28)29-18-9-4-10-19-29;/h2-19,22,25H,20-21,23H2,1H3;1H/q+1;/p-1. The molecule has 1 unspecified atom stereocenters. The monoisotopic (exact) mass is 648 g/mol. The van der Waals surface area contributed by atoms with E-state index in [0.29, 0.717) is 18.1 Å². The third-order valence-corrected chi connectivity index (χ3v) is 11.2. The fourth-order valence-corrected chi connectivity index (χ4v) is 9.28. The molecule has 0 amide bonds. The van der Waals surface area contributed by atoms with Crippen molar-refractivity contribution in [3.05, 3.63) is 126 Å². The van der Waals surface area contributed by atoms with E-state index < -0.39 is 30.9 Å². The van der Waals surface area contributed by atoms with Gasteiger partial charge in [0.15, 0.2) is 0 Å². The van der Waals surface area contributed by atoms with Crippen LogP contribution in [0.4, 0.5) is 13.2 Å². The van der Waals surface area contributed by atoms with Gasteiger partial charge in [-0.1, -0.05) is 72.8 Å². The molecule has 0 aliphatic heterocycles. The van der Waals surface area contributed by atoms with Gasteiger partial charge in [-0.15, -0.1) is 0 Å². The zero-order valence-corrected chi connectivity index (χ0v) is 24.0. The number of halogens is 4. The third-order valence-electron chi connectivity index (χ3n) is 6.73. The Bertz CT molecular complexity index is 1200. The molecule has 0 fully saturated rings. The summed E-state index contributed by atoms with van der Waals surface area (Å²) in [6, 6.07) is 36.2. The predicted octanol–water partition coefficient (Wildman–Crippen LogP) is 3.74. The first-order chi connectivity index (χ1) is 17.8. The van der Waals surface area contributed by atoms with E-state index in [1.54, 1.807) is 6.07 Å². The number of esters is 1. The molecule has 0 aliphatic rings. The van der Waals surface area contributed by atoms with Gasteiger partial charge in [-0.3, -0.25) is 4.79 Å². The normalized spacial score (nSPS) is 12.3. The van der Waals surface area contributed by atoms with Crippen molar-refractivity contribution in [2.24, 2.45) is 0 Å². The van der Waals surface area contributed by atoms with E-state index in [4.69, 9.17) is 4.74 Å². The number of hydrogen-bond acceptors (Lipinski definition) is 2. The number of rotatable bonds is 9. The van der Waals surface area contributed by atoms with E-state index >= 15 is 0 Å². The van der Waals surface area contributed by atoms with Crippen molar-refractivity contribution in [1.29, 1.82) is 0 Å². The second kappa shape index (κ2) is 13.4. The number of hydrogen-bond donors (Lipinski definition) is 0. The lowest BCUT2D eigenvalue weighted by atomic mass is 9.92. The molecule has 4 rings (SSSR count). The lowest BCUT2D eigenvalue weighted by molar-refractivity contribution is -0.141. The van der Waals surface area contributed by atoms with E-state index in [1.165, 1.54) is 35.2 Å². The minimum absolute atomic E-state index is 0. The van der Waals surface area contributed by atoms with Gasteiger partial charge in [0.2, 0.25) is 0 Å². The van der Waals surface area contributed by atoms with E-state index in [-0.39, 0.29) is 30.4 Å². The minimum atomic E-state index is -4.46. The van der Waals surface area contributed by atoms with Crippen LogP contribution in [0.2, 0.25) is 0 Å². The SMILES string of the molecule is COC(=O)CC(CC[P+](c1ccccc1)(c1ccccc1)c1ccccc1)c1cccc(C(F)(F)F)c1.[I-]. The summed E-state index contributed by atoms with van der Waals surface area (Å²) in [4.78, 5) is 12.4. The molecule has 198 valence electrons. The van der Waals surface area contributed by atoms with Crippen LogP contribution in [0.5, 0.6) is 0 Å². The maximum Gasteiger partial charge on any atom is 0.416 e. The highest BCUT2D eigenvalue weighted by Gasteiger charge is 2.45. The van der Waals surface area contributed by atoms with Crippen LogP contribution >= 0.6 is 7.26 Å². The molecule has 0 N–H and O–H groups in total. The first kappa shape index (κ1) is 29.9. The van der Waals surface area contributed by atoms with Crippen molar-refractivity contribution in [3.8, 4) is 0 Å². The summed E-state index contributed by atoms with van der Waals surface area (Å²) < 4.78 is 45.5. The average Bonchev–Trinajstić information content (AvgIpc) is 2.94. The summed E-state index contributed by atoms with van der Waals surface area (Å²) in [6.45, 7) is 0. The Morgan fingerprint density at radius 3 is 1.66 bits per heavy atom. The molecule has 0 aliphatic carbocycles. The largest absolute Gasteiger partial charge is 1.00 e. The van der Waals surface area contributed by atoms with Crippen molar-refractivity contribution >= 4 is 29.1 Å². The topological polar surface area (TPSA) is 26.3 Å². The first-order valence-corrected chi connectivity index (χ1v) is 14.1. The van der Waals surface area contributed by atoms with Crippen LogP contribution in [0.15, 0.2) is 115 Å². The van der Waals surface area contributed by atoms with Gasteiger partial charge in [0.25, 0.3) is 0 Å². The molecule has 4 aromatic carbocycles. The maximum absolute atomic E-state index is 13.5. The second-order valence-electron chi connectivity index (χ2n) is 8.93. The van der Waals surface area contributed by atoms with Gasteiger partial charge in [0, 0.05) is 0 Å². The summed E-state index contributed by atoms with van der Waals surface area (Å²) in [5.41, 5.74) is -0.220. The number of methoxy groups -OCH3 is 1. The summed E-state index contributed by atoms with van der Waals surface area (Å²) in [6.07, 6.45) is -3.25. The summed E-state index contributed by atoms with van der Waals surface area (Å²) in [7, 11) is -0.892. The van der Waals surface area contributed by atoms with Crippen molar-refractivity contribution in [1.82, 2.24) is 0 Å². The molecule has 0 aromatic heterocycles. The Hall–Kier alpha value is -2.70. The van der Waals surface area contributed by atoms with Gasteiger partial charge in [0.1, 0.15) is 23.2 Å². The van der Waals surface area contributed by atoms with Gasteiger partial charge in [-0.05, 0) is 60.4 Å². The van der Waals surface area contributed by atoms with Crippen LogP contribution in [0.3, 0.4) is 0 Å². The quantitative estimate of drug-likeness (QED) is 0.157. The highest BCUT2D eigenvalue weighted by atomic mass is 127. The molecule has 0 heterocycles. The smallest absolute Gasteiger partial charge is 0.416 e. The van der Waals surface area contributed by atoms with Crippen molar-refractivity contribution < 1.29 is 46.7 Å². The fourth-order valence-electron chi connectivity index (χ4n) is 4.87. The van der Waals surface area contributed by atoms with Crippen molar-refractivity contribution in [2.45, 2.75) is 24.9 Å². The molecule has 38 heavy (non-hydrogen) atoms. The number of alkyl halides is 3. The van der Waals surface area contributed by atoms with Crippen LogP contribution < -0.4 is 39.9 Å². The lowest BCUT2D eigenvalue weighted by Crippen LogP contribution is -3.00. The van der Waals surface area contributed by atoms with Crippen LogP contribution in [-0.4, -0.2) is 19.2 Å². The molecule has 7 heteroatoms. The highest BCUT2D eigenvalue weighted by Crippen LogP contribution is 2.56. The van der Waals surface area contributed by atoms with Crippen LogP contribution in [-0.2, 0) is 15.7 Å². The van der Waals surface area contributed by atoms with E-state index in [9.17, 15) is 18.0 Å². The molecule has 2 nitrogen and oxygen atoms in total. The molecule has 0 saturated carbocycles. The fraction of sp³-hybridized carbons (Fsp3) is 0.194. The second-order valence-corrected chi connectivity index (χ2v) is 12.5. The van der Waals surface area contributed by atoms with E-state index in [1.807, 2.05) is 54.6 Å². The molecular weight excluding hydrogens is 619 g/mol. The zero-order valence-electron chi connectivity index (χ0n) is 20.9. The van der Waals surface area contributed by atoms with Crippen LogP contribution in [0.25, 0.3) is 0 Å². The van der Waals surface area contributed by atoms with Gasteiger partial charge in [-0.25, -0.2) is 0 Å². The van der Waals surface area contributed by atoms with E-state index in [0.717, 1.165) is 6.07 Å². The van der Waals surface area contributed by atoms with Crippen LogP contribution in [0, 0.1) is 0 Å². The molecule has 0 saturated heterocycles. The van der Waals surface area contributed by atoms with Crippen molar-refractivity contribution in [2.75, 3.05) is 13.3 Å². The molecule has 4 aromatic rings. The van der Waals surface area contributed by atoms with Crippen molar-refractivity contribution in [3.63, 3.8) is 0 Å². The number of carbonyl (C=O) groups excluding carboxylic acids is 1. The highest BCUT2D eigenvalue weighted by molar-refractivity contribution is 7.95. The van der Waals surface area contributed by atoms with Crippen LogP contribution in [0.1, 0.15) is 29.9 Å². The summed E-state index contributed by atoms with van der Waals surface area (Å²) >= 11 is 0. The Kier molecular flexibility index (Phi) is 10.5. The average molecular weight is 648 g/mol. The Morgan fingerprint density at radius 2 is 1.24 bits per heavy atom. The molecule has 0 bridgehead atoms. The number of ether oxygens (including phenoxy) is 1.